The topological polar surface area (TPSA) is 92.3 Å². The van der Waals surface area contributed by atoms with Crippen molar-refractivity contribution >= 4 is 27.3 Å². The van der Waals surface area contributed by atoms with Crippen LogP contribution in [0.1, 0.15) is 46.0 Å². The number of carbonyl (C=O) groups is 2. The molecule has 1 aliphatic carbocycles. The molecule has 2 aromatic rings. The third kappa shape index (κ3) is 4.36. The van der Waals surface area contributed by atoms with Gasteiger partial charge in [-0.3, -0.25) is 9.59 Å². The molecular weight excluding hydrogens is 364 g/mol. The van der Waals surface area contributed by atoms with Crippen molar-refractivity contribution in [3.63, 3.8) is 0 Å². The molecule has 0 saturated heterocycles. The number of benzene rings is 2. The SMILES string of the molecule is CCS(=O)(=O)c1ccccc1C(=O)Nc1cc(C(=O)NC2CC2)ccc1C. The second-order valence-corrected chi connectivity index (χ2v) is 8.88. The Morgan fingerprint density at radius 1 is 1.07 bits per heavy atom. The van der Waals surface area contributed by atoms with Crippen molar-refractivity contribution in [2.75, 3.05) is 11.1 Å². The highest BCUT2D eigenvalue weighted by molar-refractivity contribution is 7.91. The van der Waals surface area contributed by atoms with Gasteiger partial charge in [0.05, 0.1) is 16.2 Å². The molecule has 7 heteroatoms. The molecule has 0 bridgehead atoms. The summed E-state index contributed by atoms with van der Waals surface area (Å²) in [6.07, 6.45) is 1.98. The summed E-state index contributed by atoms with van der Waals surface area (Å²) < 4.78 is 24.5. The Balaban J connectivity index is 1.87. The molecule has 0 aliphatic heterocycles. The van der Waals surface area contributed by atoms with Gasteiger partial charge in [0.15, 0.2) is 9.84 Å². The first kappa shape index (κ1) is 19.1. The zero-order chi connectivity index (χ0) is 19.6. The van der Waals surface area contributed by atoms with Crippen LogP contribution in [-0.4, -0.2) is 32.0 Å². The minimum Gasteiger partial charge on any atom is -0.349 e. The number of hydrogen-bond acceptors (Lipinski definition) is 4. The third-order valence-electron chi connectivity index (χ3n) is 4.51. The van der Waals surface area contributed by atoms with E-state index in [0.29, 0.717) is 11.3 Å². The lowest BCUT2D eigenvalue weighted by Gasteiger charge is -2.13. The van der Waals surface area contributed by atoms with Gasteiger partial charge in [0, 0.05) is 17.3 Å². The monoisotopic (exact) mass is 386 g/mol. The lowest BCUT2D eigenvalue weighted by molar-refractivity contribution is 0.0949. The van der Waals surface area contributed by atoms with Crippen molar-refractivity contribution in [3.8, 4) is 0 Å². The molecule has 27 heavy (non-hydrogen) atoms. The molecule has 0 aromatic heterocycles. The fraction of sp³-hybridized carbons (Fsp3) is 0.300. The molecule has 1 fully saturated rings. The summed E-state index contributed by atoms with van der Waals surface area (Å²) in [5, 5.41) is 5.65. The maximum Gasteiger partial charge on any atom is 0.256 e. The Labute approximate surface area is 158 Å². The Morgan fingerprint density at radius 3 is 2.44 bits per heavy atom. The van der Waals surface area contributed by atoms with Gasteiger partial charge in [-0.1, -0.05) is 25.1 Å². The van der Waals surface area contributed by atoms with Gasteiger partial charge in [-0.05, 0) is 49.6 Å². The Hall–Kier alpha value is -2.67. The molecule has 6 nitrogen and oxygen atoms in total. The van der Waals surface area contributed by atoms with E-state index in [1.54, 1.807) is 30.3 Å². The Morgan fingerprint density at radius 2 is 1.78 bits per heavy atom. The fourth-order valence-corrected chi connectivity index (χ4v) is 3.76. The molecule has 1 aliphatic rings. The van der Waals surface area contributed by atoms with Crippen LogP contribution in [0, 0.1) is 6.92 Å². The molecule has 0 unspecified atom stereocenters. The normalized spacial score (nSPS) is 13.9. The zero-order valence-corrected chi connectivity index (χ0v) is 16.1. The number of carbonyl (C=O) groups excluding carboxylic acids is 2. The van der Waals surface area contributed by atoms with E-state index < -0.39 is 15.7 Å². The molecule has 2 N–H and O–H groups in total. The number of nitrogens with one attached hydrogen (secondary N) is 2. The van der Waals surface area contributed by atoms with Gasteiger partial charge in [0.25, 0.3) is 11.8 Å². The molecule has 0 spiro atoms. The summed E-state index contributed by atoms with van der Waals surface area (Å²) in [6, 6.07) is 11.4. The number of hydrogen-bond donors (Lipinski definition) is 2. The molecule has 2 aromatic carbocycles. The van der Waals surface area contributed by atoms with Crippen molar-refractivity contribution in [2.24, 2.45) is 0 Å². The van der Waals surface area contributed by atoms with E-state index in [4.69, 9.17) is 0 Å². The number of amides is 2. The Bertz CT molecular complexity index is 995. The first-order valence-electron chi connectivity index (χ1n) is 8.86. The highest BCUT2D eigenvalue weighted by atomic mass is 32.2. The van der Waals surface area contributed by atoms with Crippen LogP contribution in [0.4, 0.5) is 5.69 Å². The maximum atomic E-state index is 12.7. The van der Waals surface area contributed by atoms with Gasteiger partial charge >= 0.3 is 0 Å². The highest BCUT2D eigenvalue weighted by Crippen LogP contribution is 2.23. The lowest BCUT2D eigenvalue weighted by atomic mass is 10.1. The van der Waals surface area contributed by atoms with Crippen LogP contribution in [0.3, 0.4) is 0 Å². The van der Waals surface area contributed by atoms with Gasteiger partial charge in [0.1, 0.15) is 0 Å². The number of rotatable bonds is 6. The minimum absolute atomic E-state index is 0.00489. The molecule has 0 heterocycles. The number of anilines is 1. The second-order valence-electron chi connectivity index (χ2n) is 6.63. The lowest BCUT2D eigenvalue weighted by Crippen LogP contribution is -2.25. The van der Waals surface area contributed by atoms with Crippen LogP contribution in [0.15, 0.2) is 47.4 Å². The summed E-state index contributed by atoms with van der Waals surface area (Å²) >= 11 is 0. The number of sulfone groups is 1. The van der Waals surface area contributed by atoms with Crippen LogP contribution >= 0.6 is 0 Å². The van der Waals surface area contributed by atoms with Crippen molar-refractivity contribution in [2.45, 2.75) is 37.6 Å². The van der Waals surface area contributed by atoms with Gasteiger partial charge in [-0.2, -0.15) is 0 Å². The van der Waals surface area contributed by atoms with Crippen molar-refractivity contribution in [3.05, 3.63) is 59.2 Å². The molecule has 1 saturated carbocycles. The molecule has 2 amide bonds. The van der Waals surface area contributed by atoms with Gasteiger partial charge in [0.2, 0.25) is 0 Å². The van der Waals surface area contributed by atoms with Gasteiger partial charge < -0.3 is 10.6 Å². The second kappa shape index (κ2) is 7.52. The fourth-order valence-electron chi connectivity index (χ4n) is 2.66. The predicted octanol–water partition coefficient (Wildman–Crippen LogP) is 2.93. The van der Waals surface area contributed by atoms with E-state index in [1.807, 2.05) is 6.92 Å². The Kier molecular flexibility index (Phi) is 5.32. The van der Waals surface area contributed by atoms with E-state index in [1.165, 1.54) is 19.1 Å². The van der Waals surface area contributed by atoms with Crippen LogP contribution in [0.25, 0.3) is 0 Å². The van der Waals surface area contributed by atoms with Crippen molar-refractivity contribution < 1.29 is 18.0 Å². The van der Waals surface area contributed by atoms with Gasteiger partial charge in [-0.15, -0.1) is 0 Å². The van der Waals surface area contributed by atoms with E-state index in [2.05, 4.69) is 10.6 Å². The van der Waals surface area contributed by atoms with Gasteiger partial charge in [-0.25, -0.2) is 8.42 Å². The van der Waals surface area contributed by atoms with E-state index >= 15 is 0 Å². The highest BCUT2D eigenvalue weighted by Gasteiger charge is 2.24. The predicted molar refractivity (Wildman–Crippen MR) is 104 cm³/mol. The summed E-state index contributed by atoms with van der Waals surface area (Å²) in [5.74, 6) is -0.792. The number of aryl methyl sites for hydroxylation is 1. The van der Waals surface area contributed by atoms with Crippen LogP contribution in [0.2, 0.25) is 0 Å². The van der Waals surface area contributed by atoms with Crippen molar-refractivity contribution in [1.29, 1.82) is 0 Å². The molecular formula is C20H22N2O4S. The summed E-state index contributed by atoms with van der Waals surface area (Å²) in [4.78, 5) is 25.0. The van der Waals surface area contributed by atoms with Crippen LogP contribution in [-0.2, 0) is 9.84 Å². The van der Waals surface area contributed by atoms with E-state index in [9.17, 15) is 18.0 Å². The summed E-state index contributed by atoms with van der Waals surface area (Å²) in [5.41, 5.74) is 1.80. The summed E-state index contributed by atoms with van der Waals surface area (Å²) in [7, 11) is -3.53. The first-order chi connectivity index (χ1) is 12.8. The van der Waals surface area contributed by atoms with Crippen LogP contribution < -0.4 is 10.6 Å². The molecule has 3 rings (SSSR count). The quantitative estimate of drug-likeness (QED) is 0.798. The average Bonchev–Trinajstić information content (AvgIpc) is 3.47. The molecule has 142 valence electrons. The smallest absolute Gasteiger partial charge is 0.256 e. The first-order valence-corrected chi connectivity index (χ1v) is 10.5. The molecule has 0 radical (unpaired) electrons. The maximum absolute atomic E-state index is 12.7. The standard InChI is InChI=1S/C20H22N2O4S/c1-3-27(25,26)18-7-5-4-6-16(18)20(24)22-17-12-14(9-8-13(17)2)19(23)21-15-10-11-15/h4-9,12,15H,3,10-11H2,1-2H3,(H,21,23)(H,22,24). The largest absolute Gasteiger partial charge is 0.349 e. The van der Waals surface area contributed by atoms with E-state index in [-0.39, 0.29) is 28.2 Å². The van der Waals surface area contributed by atoms with E-state index in [0.717, 1.165) is 18.4 Å². The van der Waals surface area contributed by atoms with Crippen molar-refractivity contribution in [1.82, 2.24) is 5.32 Å². The third-order valence-corrected chi connectivity index (χ3v) is 6.29. The molecule has 0 atom stereocenters. The average molecular weight is 386 g/mol. The van der Waals surface area contributed by atoms with Crippen LogP contribution in [0.5, 0.6) is 0 Å². The zero-order valence-electron chi connectivity index (χ0n) is 15.3. The minimum atomic E-state index is -3.53. The summed E-state index contributed by atoms with van der Waals surface area (Å²) in [6.45, 7) is 3.35.